The Morgan fingerprint density at radius 2 is 2.08 bits per heavy atom. The van der Waals surface area contributed by atoms with Gasteiger partial charge in [-0.25, -0.2) is 24.3 Å². The highest BCUT2D eigenvalue weighted by Crippen LogP contribution is 2.32. The van der Waals surface area contributed by atoms with Gasteiger partial charge in [0.15, 0.2) is 11.6 Å². The molecule has 0 spiro atoms. The molecule has 4 rings (SSSR count). The van der Waals surface area contributed by atoms with Crippen molar-refractivity contribution >= 4 is 51.7 Å². The summed E-state index contributed by atoms with van der Waals surface area (Å²) < 4.78 is 14.3. The van der Waals surface area contributed by atoms with Crippen LogP contribution in [0.1, 0.15) is 6.42 Å². The van der Waals surface area contributed by atoms with Crippen LogP contribution in [0, 0.1) is 5.82 Å². The molecule has 1 fully saturated rings. The van der Waals surface area contributed by atoms with E-state index >= 15 is 0 Å². The third-order valence-electron chi connectivity index (χ3n) is 4.06. The Labute approximate surface area is 158 Å². The lowest BCUT2D eigenvalue weighted by Gasteiger charge is -2.13. The number of halogens is 3. The van der Waals surface area contributed by atoms with Crippen LogP contribution in [-0.2, 0) is 0 Å². The molecule has 1 saturated heterocycles. The fourth-order valence-corrected chi connectivity index (χ4v) is 3.04. The Hall–Kier alpha value is -2.29. The average Bonchev–Trinajstić information content (AvgIpc) is 3.15. The Kier molecular flexibility index (Phi) is 4.71. The molecule has 1 aliphatic rings. The minimum Gasteiger partial charge on any atom is -0.350 e. The predicted octanol–water partition coefficient (Wildman–Crippen LogP) is 3.38. The van der Waals surface area contributed by atoms with Gasteiger partial charge in [-0.1, -0.05) is 23.2 Å². The van der Waals surface area contributed by atoms with Crippen LogP contribution in [0.15, 0.2) is 24.7 Å². The smallest absolute Gasteiger partial charge is 0.223 e. The molecular formula is C16H14Cl2FN7. The second kappa shape index (κ2) is 7.14. The number of fused-ring (bicyclic) bond motifs is 1. The normalized spacial score (nSPS) is 16.8. The summed E-state index contributed by atoms with van der Waals surface area (Å²) in [6, 6.07) is 3.26. The third-order valence-corrected chi connectivity index (χ3v) is 4.84. The van der Waals surface area contributed by atoms with Gasteiger partial charge < -0.3 is 16.0 Å². The van der Waals surface area contributed by atoms with Crippen molar-refractivity contribution in [1.29, 1.82) is 0 Å². The van der Waals surface area contributed by atoms with Crippen molar-refractivity contribution in [2.75, 3.05) is 23.7 Å². The SMILES string of the molecule is Fc1c(Nc2ncnc3cnc(N[C@H]4CCNC4)nc23)ccc(Cl)c1Cl. The molecule has 0 aliphatic carbocycles. The summed E-state index contributed by atoms with van der Waals surface area (Å²) in [5.74, 6) is 0.163. The van der Waals surface area contributed by atoms with Crippen LogP contribution >= 0.6 is 23.2 Å². The van der Waals surface area contributed by atoms with Crippen molar-refractivity contribution in [1.82, 2.24) is 25.3 Å². The molecule has 2 aromatic heterocycles. The third kappa shape index (κ3) is 3.35. The zero-order chi connectivity index (χ0) is 18.1. The highest BCUT2D eigenvalue weighted by molar-refractivity contribution is 6.42. The van der Waals surface area contributed by atoms with Crippen LogP contribution < -0.4 is 16.0 Å². The Bertz CT molecular complexity index is 963. The van der Waals surface area contributed by atoms with Crippen molar-refractivity contribution in [2.45, 2.75) is 12.5 Å². The molecule has 3 aromatic rings. The molecule has 0 radical (unpaired) electrons. The molecule has 1 aliphatic heterocycles. The number of benzene rings is 1. The van der Waals surface area contributed by atoms with E-state index in [0.717, 1.165) is 19.5 Å². The highest BCUT2D eigenvalue weighted by Gasteiger charge is 2.17. The molecule has 10 heteroatoms. The van der Waals surface area contributed by atoms with Gasteiger partial charge in [0.2, 0.25) is 5.95 Å². The van der Waals surface area contributed by atoms with E-state index in [2.05, 4.69) is 35.9 Å². The van der Waals surface area contributed by atoms with Gasteiger partial charge in [-0.05, 0) is 25.1 Å². The lowest BCUT2D eigenvalue weighted by Crippen LogP contribution is -2.23. The topological polar surface area (TPSA) is 87.7 Å². The Balaban J connectivity index is 1.69. The van der Waals surface area contributed by atoms with Crippen molar-refractivity contribution in [3.8, 4) is 0 Å². The van der Waals surface area contributed by atoms with Crippen LogP contribution in [0.3, 0.4) is 0 Å². The summed E-state index contributed by atoms with van der Waals surface area (Å²) in [4.78, 5) is 17.1. The van der Waals surface area contributed by atoms with E-state index < -0.39 is 5.82 Å². The molecule has 3 heterocycles. The first-order chi connectivity index (χ1) is 12.6. The van der Waals surface area contributed by atoms with Gasteiger partial charge in [-0.2, -0.15) is 0 Å². The van der Waals surface area contributed by atoms with Gasteiger partial charge in [-0.15, -0.1) is 0 Å². The fourth-order valence-electron chi connectivity index (χ4n) is 2.73. The zero-order valence-electron chi connectivity index (χ0n) is 13.4. The molecular weight excluding hydrogens is 380 g/mol. The van der Waals surface area contributed by atoms with E-state index in [4.69, 9.17) is 23.2 Å². The molecule has 26 heavy (non-hydrogen) atoms. The number of rotatable bonds is 4. The molecule has 3 N–H and O–H groups in total. The summed E-state index contributed by atoms with van der Waals surface area (Å²) in [6.45, 7) is 1.81. The van der Waals surface area contributed by atoms with Gasteiger partial charge in [0.25, 0.3) is 0 Å². The van der Waals surface area contributed by atoms with E-state index in [1.807, 2.05) is 0 Å². The van der Waals surface area contributed by atoms with E-state index in [0.29, 0.717) is 22.8 Å². The first-order valence-electron chi connectivity index (χ1n) is 7.97. The molecule has 0 unspecified atom stereocenters. The van der Waals surface area contributed by atoms with Crippen LogP contribution in [0.5, 0.6) is 0 Å². The standard InChI is InChI=1S/C16H14Cl2FN7/c17-9-1-2-10(13(19)12(9)18)25-15-14-11(22-7-23-15)6-21-16(26-14)24-8-3-4-20-5-8/h1-2,6-8,20H,3-5H2,(H,21,24,26)(H,22,23,25)/t8-/m0/s1. The number of anilines is 3. The minimum atomic E-state index is -0.657. The first kappa shape index (κ1) is 17.1. The Morgan fingerprint density at radius 1 is 1.19 bits per heavy atom. The summed E-state index contributed by atoms with van der Waals surface area (Å²) in [6.07, 6.45) is 3.95. The van der Waals surface area contributed by atoms with Crippen molar-refractivity contribution in [3.63, 3.8) is 0 Å². The lowest BCUT2D eigenvalue weighted by atomic mass is 10.3. The minimum absolute atomic E-state index is 0.140. The van der Waals surface area contributed by atoms with Crippen molar-refractivity contribution in [3.05, 3.63) is 40.5 Å². The summed E-state index contributed by atoms with van der Waals surface area (Å²) >= 11 is 11.7. The average molecular weight is 394 g/mol. The molecule has 7 nitrogen and oxygen atoms in total. The second-order valence-electron chi connectivity index (χ2n) is 5.83. The molecule has 1 aromatic carbocycles. The summed E-state index contributed by atoms with van der Waals surface area (Å²) in [5.41, 5.74) is 1.16. The molecule has 1 atom stereocenters. The maximum atomic E-state index is 14.3. The number of hydrogen-bond donors (Lipinski definition) is 3. The quantitative estimate of drug-likeness (QED) is 0.585. The second-order valence-corrected chi connectivity index (χ2v) is 6.62. The van der Waals surface area contributed by atoms with Crippen LogP contribution in [0.2, 0.25) is 10.0 Å². The van der Waals surface area contributed by atoms with Crippen LogP contribution in [-0.4, -0.2) is 39.1 Å². The van der Waals surface area contributed by atoms with Gasteiger partial charge >= 0.3 is 0 Å². The summed E-state index contributed by atoms with van der Waals surface area (Å²) in [5, 5.41) is 9.43. The number of nitrogens with one attached hydrogen (secondary N) is 3. The largest absolute Gasteiger partial charge is 0.350 e. The van der Waals surface area contributed by atoms with E-state index in [1.54, 1.807) is 6.20 Å². The number of aromatic nitrogens is 4. The van der Waals surface area contributed by atoms with Gasteiger partial charge in [0.05, 0.1) is 21.9 Å². The van der Waals surface area contributed by atoms with Crippen LogP contribution in [0.25, 0.3) is 11.0 Å². The molecule has 134 valence electrons. The van der Waals surface area contributed by atoms with Crippen molar-refractivity contribution in [2.24, 2.45) is 0 Å². The lowest BCUT2D eigenvalue weighted by molar-refractivity contribution is 0.632. The van der Waals surface area contributed by atoms with E-state index in [-0.39, 0.29) is 21.8 Å². The first-order valence-corrected chi connectivity index (χ1v) is 8.73. The maximum Gasteiger partial charge on any atom is 0.223 e. The summed E-state index contributed by atoms with van der Waals surface area (Å²) in [7, 11) is 0. The fraction of sp³-hybridized carbons (Fsp3) is 0.250. The Morgan fingerprint density at radius 3 is 2.88 bits per heavy atom. The van der Waals surface area contributed by atoms with Crippen LogP contribution in [0.4, 0.5) is 21.8 Å². The number of hydrogen-bond acceptors (Lipinski definition) is 7. The van der Waals surface area contributed by atoms with E-state index in [9.17, 15) is 4.39 Å². The van der Waals surface area contributed by atoms with Crippen molar-refractivity contribution < 1.29 is 4.39 Å². The maximum absolute atomic E-state index is 14.3. The van der Waals surface area contributed by atoms with Gasteiger partial charge in [0, 0.05) is 12.6 Å². The van der Waals surface area contributed by atoms with Gasteiger partial charge in [0.1, 0.15) is 17.4 Å². The highest BCUT2D eigenvalue weighted by atomic mass is 35.5. The van der Waals surface area contributed by atoms with E-state index in [1.165, 1.54) is 18.5 Å². The molecule has 0 saturated carbocycles. The number of nitrogens with zero attached hydrogens (tertiary/aromatic N) is 4. The zero-order valence-corrected chi connectivity index (χ0v) is 14.9. The monoisotopic (exact) mass is 393 g/mol. The molecule has 0 amide bonds. The molecule has 0 bridgehead atoms. The van der Waals surface area contributed by atoms with Gasteiger partial charge in [-0.3, -0.25) is 0 Å². The predicted molar refractivity (Wildman–Crippen MR) is 99.7 cm³/mol.